The minimum absolute atomic E-state index is 2.23. The van der Waals surface area contributed by atoms with Crippen molar-refractivity contribution in [2.75, 3.05) is 5.75 Å². The van der Waals surface area contributed by atoms with Crippen LogP contribution in [0.2, 0.25) is 0 Å². The summed E-state index contributed by atoms with van der Waals surface area (Å²) >= 11 is -3.40. The lowest BCUT2D eigenvalue weighted by molar-refractivity contribution is -0.271. The Kier molecular flexibility index (Phi) is 2.95. The molecule has 0 aliphatic rings. The van der Waals surface area contributed by atoms with Gasteiger partial charge in [0.15, 0.2) is 0 Å². The van der Waals surface area contributed by atoms with Gasteiger partial charge < -0.3 is 4.55 Å². The van der Waals surface area contributed by atoms with Gasteiger partial charge in [0.1, 0.15) is 0 Å². The summed E-state index contributed by atoms with van der Waals surface area (Å²) < 4.78 is 75.8. The molecule has 0 spiro atoms. The molecule has 68 valence electrons. The number of rotatable bonds is 2. The molecule has 0 saturated carbocycles. The summed E-state index contributed by atoms with van der Waals surface area (Å²) in [5, 5.41) is 0. The molecule has 0 aromatic rings. The molecular weight excluding hydrogens is 195 g/mol. The summed E-state index contributed by atoms with van der Waals surface area (Å²) in [5.74, 6) is -7.38. The molecule has 0 N–H and O–H groups in total. The van der Waals surface area contributed by atoms with Crippen molar-refractivity contribution in [2.24, 2.45) is 0 Å². The van der Waals surface area contributed by atoms with Crippen LogP contribution >= 0.6 is 0 Å². The predicted octanol–water partition coefficient (Wildman–Crippen LogP) is 1.06. The molecule has 1 atom stereocenters. The molecule has 0 aliphatic heterocycles. The van der Waals surface area contributed by atoms with E-state index in [-0.39, 0.29) is 0 Å². The molecule has 2 nitrogen and oxygen atoms in total. The first-order chi connectivity index (χ1) is 4.67. The Balaban J connectivity index is 4.34. The van der Waals surface area contributed by atoms with Gasteiger partial charge in [-0.15, -0.1) is 0 Å². The van der Waals surface area contributed by atoms with Gasteiger partial charge in [-0.25, -0.2) is 0 Å². The van der Waals surface area contributed by atoms with Crippen molar-refractivity contribution < 1.29 is 30.7 Å². The van der Waals surface area contributed by atoms with Crippen LogP contribution in [0.5, 0.6) is 0 Å². The monoisotopic (exact) mass is 197 g/mol. The third-order valence-electron chi connectivity index (χ3n) is 0.714. The van der Waals surface area contributed by atoms with E-state index in [1.54, 1.807) is 0 Å². The Hall–Kier alpha value is -0.240. The first-order valence-electron chi connectivity index (χ1n) is 2.17. The van der Waals surface area contributed by atoms with Gasteiger partial charge in [0, 0.05) is 0 Å². The topological polar surface area (TPSA) is 40.1 Å². The van der Waals surface area contributed by atoms with Crippen LogP contribution in [-0.4, -0.2) is 26.6 Å². The van der Waals surface area contributed by atoms with Gasteiger partial charge in [0.2, 0.25) is 0 Å². The van der Waals surface area contributed by atoms with E-state index in [1.165, 1.54) is 0 Å². The summed E-state index contributed by atoms with van der Waals surface area (Å²) in [6, 6.07) is 0. The third-order valence-corrected chi connectivity index (χ3v) is 1.31. The smallest absolute Gasteiger partial charge is 0.454 e. The predicted molar refractivity (Wildman–Crippen MR) is 24.8 cm³/mol. The first-order valence-corrected chi connectivity index (χ1v) is 3.41. The highest BCUT2D eigenvalue weighted by Crippen LogP contribution is 2.35. The fourth-order valence-electron chi connectivity index (χ4n) is 0.230. The van der Waals surface area contributed by atoms with E-state index < -0.39 is 28.9 Å². The van der Waals surface area contributed by atoms with E-state index in [1.807, 2.05) is 0 Å². The summed E-state index contributed by atoms with van der Waals surface area (Å²) in [6.45, 7) is 0. The molecule has 0 saturated heterocycles. The highest BCUT2D eigenvalue weighted by atomic mass is 32.2. The van der Waals surface area contributed by atoms with Gasteiger partial charge in [-0.3, -0.25) is 4.21 Å². The summed E-state index contributed by atoms with van der Waals surface area (Å²) in [6.07, 6.45) is -5.80. The summed E-state index contributed by atoms with van der Waals surface area (Å²) in [5.41, 5.74) is 0. The van der Waals surface area contributed by atoms with Gasteiger partial charge >= 0.3 is 12.1 Å². The number of hydrogen-bond donors (Lipinski definition) is 0. The molecule has 0 amide bonds. The average molecular weight is 197 g/mol. The molecule has 11 heavy (non-hydrogen) atoms. The number of hydrogen-bond acceptors (Lipinski definition) is 2. The summed E-state index contributed by atoms with van der Waals surface area (Å²) in [4.78, 5) is 0. The number of alkyl halides is 5. The van der Waals surface area contributed by atoms with Crippen LogP contribution in [0.3, 0.4) is 0 Å². The first kappa shape index (κ1) is 10.8. The SMILES string of the molecule is O=S([O-])CC(F)(F)C(F)(F)F. The van der Waals surface area contributed by atoms with Crippen molar-refractivity contribution in [3.63, 3.8) is 0 Å². The molecule has 0 heterocycles. The second kappa shape index (κ2) is 3.02. The third kappa shape index (κ3) is 3.10. The lowest BCUT2D eigenvalue weighted by atomic mass is 10.4. The second-order valence-electron chi connectivity index (χ2n) is 1.65. The fraction of sp³-hybridized carbons (Fsp3) is 1.00. The molecule has 0 radical (unpaired) electrons. The van der Waals surface area contributed by atoms with Gasteiger partial charge in [-0.1, -0.05) is 0 Å². The Morgan fingerprint density at radius 3 is 1.64 bits per heavy atom. The molecule has 0 aliphatic carbocycles. The van der Waals surface area contributed by atoms with Crippen LogP contribution in [0.1, 0.15) is 0 Å². The van der Waals surface area contributed by atoms with Crippen LogP contribution in [0.25, 0.3) is 0 Å². The maximum absolute atomic E-state index is 11.7. The quantitative estimate of drug-likeness (QED) is 0.490. The van der Waals surface area contributed by atoms with Crippen molar-refractivity contribution in [3.8, 4) is 0 Å². The van der Waals surface area contributed by atoms with Crippen LogP contribution in [0.15, 0.2) is 0 Å². The molecule has 1 unspecified atom stereocenters. The average Bonchev–Trinajstić information content (AvgIpc) is 1.56. The molecule has 8 heteroatoms. The van der Waals surface area contributed by atoms with Crippen molar-refractivity contribution in [3.05, 3.63) is 0 Å². The number of halogens is 5. The van der Waals surface area contributed by atoms with E-state index in [2.05, 4.69) is 0 Å². The van der Waals surface area contributed by atoms with E-state index >= 15 is 0 Å². The Morgan fingerprint density at radius 2 is 1.55 bits per heavy atom. The highest BCUT2D eigenvalue weighted by Gasteiger charge is 2.57. The largest absolute Gasteiger partial charge is 0.772 e. The van der Waals surface area contributed by atoms with E-state index in [0.29, 0.717) is 0 Å². The Morgan fingerprint density at radius 1 is 1.18 bits per heavy atom. The standard InChI is InChI=1S/C3H3F5O2S/c4-2(5,1-11(9)10)3(6,7)8/h1H2,(H,9,10)/p-1. The van der Waals surface area contributed by atoms with Crippen molar-refractivity contribution in [2.45, 2.75) is 12.1 Å². The maximum atomic E-state index is 11.7. The van der Waals surface area contributed by atoms with Crippen LogP contribution in [-0.2, 0) is 11.1 Å². The van der Waals surface area contributed by atoms with Crippen LogP contribution < -0.4 is 0 Å². The van der Waals surface area contributed by atoms with Crippen molar-refractivity contribution in [1.29, 1.82) is 0 Å². The zero-order chi connectivity index (χ0) is 9.28. The molecule has 0 rings (SSSR count). The lowest BCUT2D eigenvalue weighted by Gasteiger charge is -2.20. The second-order valence-corrected chi connectivity index (χ2v) is 2.55. The zero-order valence-electron chi connectivity index (χ0n) is 4.82. The minimum atomic E-state index is -5.80. The van der Waals surface area contributed by atoms with Gasteiger partial charge in [-0.05, 0) is 11.1 Å². The van der Waals surface area contributed by atoms with E-state index in [9.17, 15) is 30.7 Å². The summed E-state index contributed by atoms with van der Waals surface area (Å²) in [7, 11) is 0. The normalized spacial score (nSPS) is 16.5. The van der Waals surface area contributed by atoms with Gasteiger partial charge in [-0.2, -0.15) is 22.0 Å². The van der Waals surface area contributed by atoms with Crippen molar-refractivity contribution in [1.82, 2.24) is 0 Å². The Labute approximate surface area is 60.7 Å². The molecule has 0 bridgehead atoms. The lowest BCUT2D eigenvalue weighted by Crippen LogP contribution is -2.41. The molecule has 0 aromatic heterocycles. The van der Waals surface area contributed by atoms with Crippen molar-refractivity contribution >= 4 is 11.1 Å². The molecule has 0 fully saturated rings. The van der Waals surface area contributed by atoms with Crippen LogP contribution in [0, 0.1) is 0 Å². The fourth-order valence-corrected chi connectivity index (χ4v) is 0.690. The van der Waals surface area contributed by atoms with E-state index in [0.717, 1.165) is 0 Å². The van der Waals surface area contributed by atoms with Crippen LogP contribution in [0.4, 0.5) is 22.0 Å². The van der Waals surface area contributed by atoms with E-state index in [4.69, 9.17) is 0 Å². The zero-order valence-corrected chi connectivity index (χ0v) is 5.64. The molecular formula is C3H2F5O2S-. The Bertz CT molecular complexity index is 164. The minimum Gasteiger partial charge on any atom is -0.772 e. The maximum Gasteiger partial charge on any atom is 0.454 e. The highest BCUT2D eigenvalue weighted by molar-refractivity contribution is 7.79. The molecule has 0 aromatic carbocycles. The van der Waals surface area contributed by atoms with Gasteiger partial charge in [0.25, 0.3) is 0 Å². The van der Waals surface area contributed by atoms with Gasteiger partial charge in [0.05, 0.1) is 5.75 Å².